The van der Waals surface area contributed by atoms with E-state index in [4.69, 9.17) is 0 Å². The van der Waals surface area contributed by atoms with Crippen molar-refractivity contribution in [2.24, 2.45) is 0 Å². The highest BCUT2D eigenvalue weighted by Gasteiger charge is 2.22. The number of rotatable bonds is 9. The Kier molecular flexibility index (Phi) is 9.57. The van der Waals surface area contributed by atoms with E-state index in [1.807, 2.05) is 0 Å². The Morgan fingerprint density at radius 2 is 0.694 bits per heavy atom. The molecule has 2 heteroatoms. The van der Waals surface area contributed by atoms with Crippen molar-refractivity contribution in [1.29, 1.82) is 0 Å². The molecule has 1 aromatic heterocycles. The van der Waals surface area contributed by atoms with E-state index in [9.17, 15) is 0 Å². The fourth-order valence-corrected chi connectivity index (χ4v) is 9.11. The SMILES string of the molecule is c1ccc(-c2ccc(-c3ccccc3N(c3cccc(-c4cccc5c4c4ccccc4n5-c4ccccc4)c3)c3ccccc3-c3ccc(-c4ccccc4)cc3)cc2)cc1. The number of para-hydroxylation sites is 4. The zero-order chi connectivity index (χ0) is 41.2. The van der Waals surface area contributed by atoms with Gasteiger partial charge in [0, 0.05) is 33.3 Å². The van der Waals surface area contributed by atoms with Crippen molar-refractivity contribution >= 4 is 38.9 Å². The first kappa shape index (κ1) is 36.8. The van der Waals surface area contributed by atoms with Gasteiger partial charge in [0.05, 0.1) is 22.4 Å². The molecule has 0 spiro atoms. The zero-order valence-corrected chi connectivity index (χ0v) is 34.1. The van der Waals surface area contributed by atoms with Crippen LogP contribution in [-0.4, -0.2) is 4.57 Å². The van der Waals surface area contributed by atoms with Crippen LogP contribution < -0.4 is 4.90 Å². The molecule has 11 aromatic rings. The number of nitrogens with zero attached hydrogens (tertiary/aromatic N) is 2. The molecule has 292 valence electrons. The Hall–Kier alpha value is -8.20. The van der Waals surface area contributed by atoms with E-state index < -0.39 is 0 Å². The van der Waals surface area contributed by atoms with Crippen LogP contribution in [0.5, 0.6) is 0 Å². The molecular formula is C60H42N2. The molecule has 0 amide bonds. The molecule has 0 N–H and O–H groups in total. The molecule has 0 aliphatic heterocycles. The van der Waals surface area contributed by atoms with Crippen molar-refractivity contribution in [3.8, 4) is 61.3 Å². The molecule has 62 heavy (non-hydrogen) atoms. The van der Waals surface area contributed by atoms with E-state index in [0.717, 1.165) is 50.6 Å². The van der Waals surface area contributed by atoms with Crippen LogP contribution in [0.4, 0.5) is 17.1 Å². The molecule has 1 heterocycles. The fraction of sp³-hybridized carbons (Fsp3) is 0. The van der Waals surface area contributed by atoms with E-state index >= 15 is 0 Å². The third kappa shape index (κ3) is 6.74. The largest absolute Gasteiger partial charge is 0.309 e. The molecule has 0 unspecified atom stereocenters. The Morgan fingerprint density at radius 3 is 1.29 bits per heavy atom. The number of fused-ring (bicyclic) bond motifs is 3. The third-order valence-corrected chi connectivity index (χ3v) is 12.0. The summed E-state index contributed by atoms with van der Waals surface area (Å²) in [5.41, 5.74) is 18.6. The lowest BCUT2D eigenvalue weighted by atomic mass is 9.95. The average Bonchev–Trinajstić information content (AvgIpc) is 3.70. The van der Waals surface area contributed by atoms with Gasteiger partial charge in [0.1, 0.15) is 0 Å². The van der Waals surface area contributed by atoms with Crippen LogP contribution >= 0.6 is 0 Å². The first-order chi connectivity index (χ1) is 30.8. The number of benzene rings is 10. The first-order valence-electron chi connectivity index (χ1n) is 21.3. The van der Waals surface area contributed by atoms with Gasteiger partial charge in [0.2, 0.25) is 0 Å². The van der Waals surface area contributed by atoms with Gasteiger partial charge < -0.3 is 9.47 Å². The summed E-state index contributed by atoms with van der Waals surface area (Å²) < 4.78 is 2.39. The molecular weight excluding hydrogens is 749 g/mol. The maximum Gasteiger partial charge on any atom is 0.0547 e. The van der Waals surface area contributed by atoms with Gasteiger partial charge in [-0.05, 0) is 93.0 Å². The number of aromatic nitrogens is 1. The van der Waals surface area contributed by atoms with E-state index in [0.29, 0.717) is 0 Å². The molecule has 0 radical (unpaired) electrons. The van der Waals surface area contributed by atoms with Gasteiger partial charge in [-0.2, -0.15) is 0 Å². The van der Waals surface area contributed by atoms with Crippen LogP contribution in [-0.2, 0) is 0 Å². The van der Waals surface area contributed by atoms with Gasteiger partial charge >= 0.3 is 0 Å². The molecule has 10 aromatic carbocycles. The minimum Gasteiger partial charge on any atom is -0.309 e. The van der Waals surface area contributed by atoms with Gasteiger partial charge in [0.15, 0.2) is 0 Å². The van der Waals surface area contributed by atoms with Crippen molar-refractivity contribution < 1.29 is 0 Å². The second-order valence-corrected chi connectivity index (χ2v) is 15.7. The summed E-state index contributed by atoms with van der Waals surface area (Å²) in [4.78, 5) is 2.46. The molecule has 2 nitrogen and oxygen atoms in total. The van der Waals surface area contributed by atoms with E-state index in [-0.39, 0.29) is 0 Å². The van der Waals surface area contributed by atoms with Gasteiger partial charge in [-0.15, -0.1) is 0 Å². The highest BCUT2D eigenvalue weighted by Crippen LogP contribution is 2.47. The maximum atomic E-state index is 2.46. The molecule has 0 saturated carbocycles. The maximum absolute atomic E-state index is 2.46. The smallest absolute Gasteiger partial charge is 0.0547 e. The Morgan fingerprint density at radius 1 is 0.274 bits per heavy atom. The van der Waals surface area contributed by atoms with Crippen LogP contribution in [0.15, 0.2) is 255 Å². The van der Waals surface area contributed by atoms with Crippen molar-refractivity contribution in [2.75, 3.05) is 4.90 Å². The highest BCUT2D eigenvalue weighted by atomic mass is 15.1. The fourth-order valence-electron chi connectivity index (χ4n) is 9.11. The molecule has 0 bridgehead atoms. The third-order valence-electron chi connectivity index (χ3n) is 12.0. The summed E-state index contributed by atoms with van der Waals surface area (Å²) in [6.45, 7) is 0. The lowest BCUT2D eigenvalue weighted by molar-refractivity contribution is 1.18. The van der Waals surface area contributed by atoms with Crippen LogP contribution in [0.3, 0.4) is 0 Å². The Balaban J connectivity index is 1.10. The predicted molar refractivity (Wildman–Crippen MR) is 263 cm³/mol. The van der Waals surface area contributed by atoms with Crippen molar-refractivity contribution in [2.45, 2.75) is 0 Å². The average molecular weight is 791 g/mol. The molecule has 0 saturated heterocycles. The van der Waals surface area contributed by atoms with Crippen molar-refractivity contribution in [3.05, 3.63) is 255 Å². The van der Waals surface area contributed by atoms with Gasteiger partial charge in [-0.3, -0.25) is 0 Å². The van der Waals surface area contributed by atoms with Crippen molar-refractivity contribution in [1.82, 2.24) is 4.57 Å². The lowest BCUT2D eigenvalue weighted by Gasteiger charge is -2.30. The van der Waals surface area contributed by atoms with Crippen LogP contribution in [0.1, 0.15) is 0 Å². The Labute approximate surface area is 362 Å². The highest BCUT2D eigenvalue weighted by molar-refractivity contribution is 6.16. The van der Waals surface area contributed by atoms with Crippen LogP contribution in [0.25, 0.3) is 83.1 Å². The minimum atomic E-state index is 1.08. The van der Waals surface area contributed by atoms with Gasteiger partial charge in [-0.1, -0.05) is 206 Å². The number of anilines is 3. The molecule has 0 aliphatic rings. The minimum absolute atomic E-state index is 1.08. The molecule has 0 atom stereocenters. The molecule has 0 fully saturated rings. The summed E-state index contributed by atoms with van der Waals surface area (Å²) in [6.07, 6.45) is 0. The van der Waals surface area contributed by atoms with E-state index in [2.05, 4.69) is 264 Å². The zero-order valence-electron chi connectivity index (χ0n) is 34.1. The van der Waals surface area contributed by atoms with Crippen molar-refractivity contribution in [3.63, 3.8) is 0 Å². The monoisotopic (exact) mass is 790 g/mol. The number of hydrogen-bond donors (Lipinski definition) is 0. The lowest BCUT2D eigenvalue weighted by Crippen LogP contribution is -2.12. The van der Waals surface area contributed by atoms with Crippen LogP contribution in [0, 0.1) is 0 Å². The summed E-state index contributed by atoms with van der Waals surface area (Å²) in [5, 5.41) is 2.48. The topological polar surface area (TPSA) is 8.17 Å². The summed E-state index contributed by atoms with van der Waals surface area (Å²) >= 11 is 0. The van der Waals surface area contributed by atoms with E-state index in [1.54, 1.807) is 0 Å². The second-order valence-electron chi connectivity index (χ2n) is 15.7. The second kappa shape index (κ2) is 16.1. The van der Waals surface area contributed by atoms with Gasteiger partial charge in [-0.25, -0.2) is 0 Å². The van der Waals surface area contributed by atoms with Gasteiger partial charge in [0.25, 0.3) is 0 Å². The quantitative estimate of drug-likeness (QED) is 0.141. The summed E-state index contributed by atoms with van der Waals surface area (Å²) in [7, 11) is 0. The predicted octanol–water partition coefficient (Wildman–Crippen LogP) is 16.6. The Bertz CT molecular complexity index is 3190. The summed E-state index contributed by atoms with van der Waals surface area (Å²) in [5.74, 6) is 0. The normalized spacial score (nSPS) is 11.2. The molecule has 11 rings (SSSR count). The summed E-state index contributed by atoms with van der Waals surface area (Å²) in [6, 6.07) is 92.1. The first-order valence-corrected chi connectivity index (χ1v) is 21.3. The molecule has 0 aliphatic carbocycles. The van der Waals surface area contributed by atoms with Crippen LogP contribution in [0.2, 0.25) is 0 Å². The van der Waals surface area contributed by atoms with E-state index in [1.165, 1.54) is 49.6 Å². The number of hydrogen-bond acceptors (Lipinski definition) is 1. The standard InChI is InChI=1S/C60H42N2/c1-4-18-43(19-5-1)45-34-38-47(39-35-45)52-26-10-13-30-56(52)62(57-31-14-11-27-53(57)48-40-36-46(37-41-48)44-20-6-2-7-21-44)51-25-16-22-49(42-51)54-29-17-33-59-60(54)55-28-12-15-32-58(55)61(59)50-23-8-3-9-24-50/h1-42H.